The highest BCUT2D eigenvalue weighted by atomic mass is 19.1. The van der Waals surface area contributed by atoms with E-state index >= 15 is 0 Å². The molecule has 0 spiro atoms. The summed E-state index contributed by atoms with van der Waals surface area (Å²) in [5, 5.41) is 12.6. The molecule has 3 aromatic carbocycles. The van der Waals surface area contributed by atoms with Crippen molar-refractivity contribution in [2.75, 3.05) is 20.7 Å². The van der Waals surface area contributed by atoms with Crippen LogP contribution in [0.4, 0.5) is 4.39 Å². The fourth-order valence-electron chi connectivity index (χ4n) is 2.96. The van der Waals surface area contributed by atoms with Gasteiger partial charge < -0.3 is 9.84 Å². The van der Waals surface area contributed by atoms with Crippen LogP contribution in [0.25, 0.3) is 10.8 Å². The summed E-state index contributed by atoms with van der Waals surface area (Å²) < 4.78 is 18.2. The van der Waals surface area contributed by atoms with Gasteiger partial charge in [-0.1, -0.05) is 30.3 Å². The summed E-state index contributed by atoms with van der Waals surface area (Å²) in [6.07, 6.45) is -0.643. The highest BCUT2D eigenvalue weighted by molar-refractivity contribution is 5.84. The minimum Gasteiger partial charge on any atom is -0.497 e. The van der Waals surface area contributed by atoms with Gasteiger partial charge in [-0.2, -0.15) is 0 Å². The monoisotopic (exact) mass is 339 g/mol. The van der Waals surface area contributed by atoms with Crippen molar-refractivity contribution in [2.45, 2.75) is 12.6 Å². The van der Waals surface area contributed by atoms with Crippen LogP contribution in [0.1, 0.15) is 17.2 Å². The second-order valence-electron chi connectivity index (χ2n) is 6.31. The van der Waals surface area contributed by atoms with Gasteiger partial charge >= 0.3 is 0 Å². The van der Waals surface area contributed by atoms with Gasteiger partial charge in [-0.05, 0) is 59.3 Å². The molecule has 0 fully saturated rings. The van der Waals surface area contributed by atoms with Crippen LogP contribution in [0.15, 0.2) is 60.7 Å². The summed E-state index contributed by atoms with van der Waals surface area (Å²) in [7, 11) is 3.63. The lowest BCUT2D eigenvalue weighted by Crippen LogP contribution is -2.24. The fourth-order valence-corrected chi connectivity index (χ4v) is 2.96. The third kappa shape index (κ3) is 4.35. The van der Waals surface area contributed by atoms with E-state index in [1.54, 1.807) is 19.2 Å². The first-order valence-corrected chi connectivity index (χ1v) is 8.24. The van der Waals surface area contributed by atoms with E-state index in [2.05, 4.69) is 23.1 Å². The van der Waals surface area contributed by atoms with Gasteiger partial charge in [0, 0.05) is 13.1 Å². The van der Waals surface area contributed by atoms with E-state index in [1.165, 1.54) is 17.7 Å². The Morgan fingerprint density at radius 2 is 1.68 bits per heavy atom. The molecule has 0 bridgehead atoms. The standard InChI is InChI=1S/C21H22FNO2/c1-23(14-21(24)16-5-8-19(22)9-6-16)13-15-3-4-18-12-20(25-2)10-7-17(18)11-15/h3-12,21,24H,13-14H2,1-2H3. The lowest BCUT2D eigenvalue weighted by molar-refractivity contribution is 0.124. The quantitative estimate of drug-likeness (QED) is 0.732. The lowest BCUT2D eigenvalue weighted by atomic mass is 10.1. The SMILES string of the molecule is COc1ccc2cc(CN(C)CC(O)c3ccc(F)cc3)ccc2c1. The zero-order valence-electron chi connectivity index (χ0n) is 14.4. The van der Waals surface area contributed by atoms with Gasteiger partial charge in [0.25, 0.3) is 0 Å². The molecule has 0 aromatic heterocycles. The molecule has 0 aliphatic carbocycles. The van der Waals surface area contributed by atoms with Crippen molar-refractivity contribution in [2.24, 2.45) is 0 Å². The third-order valence-corrected chi connectivity index (χ3v) is 4.30. The van der Waals surface area contributed by atoms with E-state index < -0.39 is 6.10 Å². The highest BCUT2D eigenvalue weighted by Crippen LogP contribution is 2.23. The third-order valence-electron chi connectivity index (χ3n) is 4.30. The predicted octanol–water partition coefficient (Wildman–Crippen LogP) is 4.15. The van der Waals surface area contributed by atoms with Crippen LogP contribution in [0.5, 0.6) is 5.75 Å². The molecule has 1 unspecified atom stereocenters. The number of aliphatic hydroxyl groups excluding tert-OH is 1. The van der Waals surface area contributed by atoms with E-state index in [0.717, 1.165) is 28.6 Å². The summed E-state index contributed by atoms with van der Waals surface area (Å²) in [6, 6.07) is 18.3. The first kappa shape index (κ1) is 17.4. The van der Waals surface area contributed by atoms with Gasteiger partial charge in [-0.15, -0.1) is 0 Å². The van der Waals surface area contributed by atoms with Gasteiger partial charge in [0.2, 0.25) is 0 Å². The van der Waals surface area contributed by atoms with Crippen LogP contribution in [-0.2, 0) is 6.54 Å². The maximum absolute atomic E-state index is 13.0. The molecule has 0 saturated carbocycles. The number of ether oxygens (including phenoxy) is 1. The zero-order valence-corrected chi connectivity index (χ0v) is 14.4. The summed E-state index contributed by atoms with van der Waals surface area (Å²) in [5.41, 5.74) is 1.89. The fraction of sp³-hybridized carbons (Fsp3) is 0.238. The van der Waals surface area contributed by atoms with Crippen molar-refractivity contribution in [1.82, 2.24) is 4.90 Å². The Hall–Kier alpha value is -2.43. The van der Waals surface area contributed by atoms with Crippen LogP contribution in [0.2, 0.25) is 0 Å². The largest absolute Gasteiger partial charge is 0.497 e. The number of rotatable bonds is 6. The molecule has 0 aliphatic heterocycles. The van der Waals surface area contributed by atoms with Crippen LogP contribution in [0, 0.1) is 5.82 Å². The van der Waals surface area contributed by atoms with E-state index in [-0.39, 0.29) is 5.82 Å². The molecule has 3 aromatic rings. The smallest absolute Gasteiger partial charge is 0.123 e. The number of hydrogen-bond acceptors (Lipinski definition) is 3. The molecule has 3 rings (SSSR count). The average molecular weight is 339 g/mol. The Labute approximate surface area is 147 Å². The second kappa shape index (κ2) is 7.64. The van der Waals surface area contributed by atoms with Crippen molar-refractivity contribution in [3.63, 3.8) is 0 Å². The van der Waals surface area contributed by atoms with Crippen LogP contribution >= 0.6 is 0 Å². The number of hydrogen-bond donors (Lipinski definition) is 1. The normalized spacial score (nSPS) is 12.5. The van der Waals surface area contributed by atoms with Gasteiger partial charge in [-0.3, -0.25) is 4.90 Å². The van der Waals surface area contributed by atoms with Gasteiger partial charge in [0.1, 0.15) is 11.6 Å². The number of fused-ring (bicyclic) bond motifs is 1. The molecule has 0 aliphatic rings. The minimum absolute atomic E-state index is 0.294. The highest BCUT2D eigenvalue weighted by Gasteiger charge is 2.11. The van der Waals surface area contributed by atoms with Gasteiger partial charge in [0.05, 0.1) is 13.2 Å². The summed E-state index contributed by atoms with van der Waals surface area (Å²) >= 11 is 0. The maximum Gasteiger partial charge on any atom is 0.123 e. The van der Waals surface area contributed by atoms with Crippen LogP contribution in [0.3, 0.4) is 0 Å². The van der Waals surface area contributed by atoms with Crippen LogP contribution < -0.4 is 4.74 Å². The average Bonchev–Trinajstić information content (AvgIpc) is 2.61. The van der Waals surface area contributed by atoms with Crippen LogP contribution in [-0.4, -0.2) is 30.7 Å². The van der Waals surface area contributed by atoms with E-state index in [0.29, 0.717) is 6.54 Å². The molecule has 4 heteroatoms. The van der Waals surface area contributed by atoms with Gasteiger partial charge in [-0.25, -0.2) is 4.39 Å². The van der Waals surface area contributed by atoms with Crippen molar-refractivity contribution < 1.29 is 14.2 Å². The van der Waals surface area contributed by atoms with Crippen molar-refractivity contribution in [1.29, 1.82) is 0 Å². The van der Waals surface area contributed by atoms with E-state index in [9.17, 15) is 9.50 Å². The number of methoxy groups -OCH3 is 1. The molecule has 3 nitrogen and oxygen atoms in total. The number of likely N-dealkylation sites (N-methyl/N-ethyl adjacent to an activating group) is 1. The molecular formula is C21H22FNO2. The van der Waals surface area contributed by atoms with Crippen molar-refractivity contribution in [3.05, 3.63) is 77.6 Å². The number of aliphatic hydroxyl groups is 1. The number of benzene rings is 3. The minimum atomic E-state index is -0.643. The molecule has 0 saturated heterocycles. The molecule has 1 N–H and O–H groups in total. The summed E-state index contributed by atoms with van der Waals surface area (Å²) in [4.78, 5) is 2.05. The number of halogens is 1. The summed E-state index contributed by atoms with van der Waals surface area (Å²) in [5.74, 6) is 0.553. The molecule has 0 amide bonds. The Kier molecular flexibility index (Phi) is 5.31. The zero-order chi connectivity index (χ0) is 17.8. The molecule has 25 heavy (non-hydrogen) atoms. The first-order valence-electron chi connectivity index (χ1n) is 8.24. The number of nitrogens with zero attached hydrogens (tertiary/aromatic N) is 1. The Balaban J connectivity index is 1.66. The molecule has 130 valence electrons. The second-order valence-corrected chi connectivity index (χ2v) is 6.31. The Bertz CT molecular complexity index is 848. The predicted molar refractivity (Wildman–Crippen MR) is 98.2 cm³/mol. The first-order chi connectivity index (χ1) is 12.0. The summed E-state index contributed by atoms with van der Waals surface area (Å²) in [6.45, 7) is 1.20. The molecular weight excluding hydrogens is 317 g/mol. The van der Waals surface area contributed by atoms with E-state index in [1.807, 2.05) is 25.2 Å². The van der Waals surface area contributed by atoms with Gasteiger partial charge in [0.15, 0.2) is 0 Å². The lowest BCUT2D eigenvalue weighted by Gasteiger charge is -2.21. The Morgan fingerprint density at radius 1 is 1.00 bits per heavy atom. The topological polar surface area (TPSA) is 32.7 Å². The van der Waals surface area contributed by atoms with Crippen molar-refractivity contribution >= 4 is 10.8 Å². The van der Waals surface area contributed by atoms with Crippen molar-refractivity contribution in [3.8, 4) is 5.75 Å². The molecule has 0 heterocycles. The maximum atomic E-state index is 13.0. The Morgan fingerprint density at radius 3 is 2.40 bits per heavy atom. The molecule has 0 radical (unpaired) electrons. The molecule has 1 atom stereocenters. The van der Waals surface area contributed by atoms with E-state index in [4.69, 9.17) is 4.74 Å².